The Labute approximate surface area is 177 Å². The molecule has 0 saturated heterocycles. The molecular weight excluding hydrogens is 401 g/mol. The maximum Gasteiger partial charge on any atom is 0.270 e. The first kappa shape index (κ1) is 21.5. The van der Waals surface area contributed by atoms with Gasteiger partial charge < -0.3 is 15.7 Å². The van der Waals surface area contributed by atoms with Gasteiger partial charge in [-0.1, -0.05) is 24.3 Å². The summed E-state index contributed by atoms with van der Waals surface area (Å²) in [7, 11) is 0. The van der Waals surface area contributed by atoms with E-state index in [0.717, 1.165) is 6.33 Å². The van der Waals surface area contributed by atoms with Gasteiger partial charge in [-0.2, -0.15) is 5.26 Å². The molecule has 0 aliphatic heterocycles. The normalized spacial score (nSPS) is 11.3. The molecule has 1 heterocycles. The number of nitrogens with one attached hydrogen (secondary N) is 2. The molecule has 2 amide bonds. The predicted molar refractivity (Wildman–Crippen MR) is 108 cm³/mol. The Morgan fingerprint density at radius 1 is 1.03 bits per heavy atom. The van der Waals surface area contributed by atoms with E-state index >= 15 is 0 Å². The maximum absolute atomic E-state index is 13.0. The molecule has 156 valence electrons. The molecule has 0 spiro atoms. The van der Waals surface area contributed by atoms with Crippen molar-refractivity contribution >= 4 is 11.8 Å². The third-order valence-corrected chi connectivity index (χ3v) is 4.43. The number of carbonyl (C=O) groups excluding carboxylic acids is 2. The molecule has 1 atom stereocenters. The number of hydrogen-bond acceptors (Lipinski definition) is 6. The number of halogens is 1. The quantitative estimate of drug-likeness (QED) is 0.536. The Bertz CT molecular complexity index is 1110. The fourth-order valence-corrected chi connectivity index (χ4v) is 2.74. The number of nitriles is 1. The van der Waals surface area contributed by atoms with Gasteiger partial charge in [-0.3, -0.25) is 9.59 Å². The molecule has 0 bridgehead atoms. The highest BCUT2D eigenvalue weighted by Gasteiger charge is 2.18. The summed E-state index contributed by atoms with van der Waals surface area (Å²) in [4.78, 5) is 32.7. The minimum atomic E-state index is -0.717. The Balaban J connectivity index is 1.66. The van der Waals surface area contributed by atoms with E-state index in [9.17, 15) is 19.1 Å². The molecule has 8 nitrogen and oxygen atoms in total. The van der Waals surface area contributed by atoms with Crippen molar-refractivity contribution in [2.45, 2.75) is 12.6 Å². The van der Waals surface area contributed by atoms with E-state index in [4.69, 9.17) is 5.26 Å². The molecule has 3 rings (SSSR count). The van der Waals surface area contributed by atoms with Crippen LogP contribution in [0.5, 0.6) is 0 Å². The van der Waals surface area contributed by atoms with Crippen LogP contribution in [0.4, 0.5) is 4.39 Å². The Hall–Kier alpha value is -4.16. The zero-order valence-corrected chi connectivity index (χ0v) is 16.2. The van der Waals surface area contributed by atoms with Crippen LogP contribution in [0.2, 0.25) is 0 Å². The van der Waals surface area contributed by atoms with Crippen LogP contribution in [0.1, 0.15) is 43.7 Å². The molecule has 31 heavy (non-hydrogen) atoms. The van der Waals surface area contributed by atoms with E-state index in [2.05, 4.69) is 20.6 Å². The minimum absolute atomic E-state index is 0.0128. The van der Waals surface area contributed by atoms with E-state index < -0.39 is 17.9 Å². The molecule has 3 aromatic rings. The summed E-state index contributed by atoms with van der Waals surface area (Å²) in [6.45, 7) is -0.205. The molecule has 0 fully saturated rings. The summed E-state index contributed by atoms with van der Waals surface area (Å²) >= 11 is 0. The highest BCUT2D eigenvalue weighted by atomic mass is 19.1. The van der Waals surface area contributed by atoms with Crippen molar-refractivity contribution in [1.29, 1.82) is 5.26 Å². The topological polar surface area (TPSA) is 128 Å². The average molecular weight is 419 g/mol. The molecule has 9 heteroatoms. The Morgan fingerprint density at radius 2 is 1.68 bits per heavy atom. The molecule has 3 N–H and O–H groups in total. The number of carbonyl (C=O) groups is 2. The third-order valence-electron chi connectivity index (χ3n) is 4.43. The lowest BCUT2D eigenvalue weighted by Crippen LogP contribution is -2.32. The maximum atomic E-state index is 13.0. The SMILES string of the molecule is N#Cc1ccc([C@H](CO)NC(=O)c2cc(C(=O)NCc3ccc(F)cc3)ncn2)cc1. The number of amides is 2. The summed E-state index contributed by atoms with van der Waals surface area (Å²) < 4.78 is 13.0. The Kier molecular flexibility index (Phi) is 6.98. The first-order valence-corrected chi connectivity index (χ1v) is 9.26. The van der Waals surface area contributed by atoms with Crippen LogP contribution in [-0.2, 0) is 6.54 Å². The van der Waals surface area contributed by atoms with Crippen molar-refractivity contribution in [3.63, 3.8) is 0 Å². The van der Waals surface area contributed by atoms with Crippen LogP contribution in [0, 0.1) is 17.1 Å². The lowest BCUT2D eigenvalue weighted by Gasteiger charge is -2.16. The van der Waals surface area contributed by atoms with Crippen molar-refractivity contribution < 1.29 is 19.1 Å². The van der Waals surface area contributed by atoms with Crippen LogP contribution < -0.4 is 10.6 Å². The zero-order valence-electron chi connectivity index (χ0n) is 16.2. The van der Waals surface area contributed by atoms with Gasteiger partial charge in [0, 0.05) is 12.6 Å². The van der Waals surface area contributed by atoms with Gasteiger partial charge in [-0.05, 0) is 35.4 Å². The lowest BCUT2D eigenvalue weighted by atomic mass is 10.1. The standard InChI is InChI=1S/C22H18FN5O3/c23-17-7-3-15(4-8-17)11-25-21(30)18-9-19(27-13-26-18)22(31)28-20(12-29)16-5-1-14(10-24)2-6-16/h1-9,13,20,29H,11-12H2,(H,25,30)(H,28,31)/t20-/m0/s1. The van der Waals surface area contributed by atoms with Gasteiger partial charge in [0.2, 0.25) is 0 Å². The van der Waals surface area contributed by atoms with E-state index in [-0.39, 0.29) is 30.4 Å². The lowest BCUT2D eigenvalue weighted by molar-refractivity contribution is 0.0911. The number of aliphatic hydroxyl groups is 1. The van der Waals surface area contributed by atoms with Gasteiger partial charge in [0.15, 0.2) is 0 Å². The van der Waals surface area contributed by atoms with E-state index in [0.29, 0.717) is 16.7 Å². The minimum Gasteiger partial charge on any atom is -0.394 e. The molecule has 0 radical (unpaired) electrons. The monoisotopic (exact) mass is 419 g/mol. The van der Waals surface area contributed by atoms with Crippen LogP contribution in [0.15, 0.2) is 60.9 Å². The summed E-state index contributed by atoms with van der Waals surface area (Å²) in [6.07, 6.45) is 1.09. The number of aromatic nitrogens is 2. The van der Waals surface area contributed by atoms with E-state index in [1.165, 1.54) is 18.2 Å². The van der Waals surface area contributed by atoms with Crippen molar-refractivity contribution in [3.05, 3.63) is 94.8 Å². The van der Waals surface area contributed by atoms with Crippen molar-refractivity contribution in [3.8, 4) is 6.07 Å². The summed E-state index contributed by atoms with van der Waals surface area (Å²) in [5.41, 5.74) is 1.71. The summed E-state index contributed by atoms with van der Waals surface area (Å²) in [5.74, 6) is -1.49. The van der Waals surface area contributed by atoms with Gasteiger partial charge in [0.05, 0.1) is 24.3 Å². The fraction of sp³-hybridized carbons (Fsp3) is 0.136. The zero-order chi connectivity index (χ0) is 22.2. The van der Waals surface area contributed by atoms with Crippen molar-refractivity contribution in [2.75, 3.05) is 6.61 Å². The highest BCUT2D eigenvalue weighted by molar-refractivity contribution is 5.97. The first-order chi connectivity index (χ1) is 15.0. The number of aliphatic hydroxyl groups excluding tert-OH is 1. The van der Waals surface area contributed by atoms with Gasteiger partial charge >= 0.3 is 0 Å². The van der Waals surface area contributed by atoms with Gasteiger partial charge in [0.1, 0.15) is 23.5 Å². The Morgan fingerprint density at radius 3 is 2.29 bits per heavy atom. The first-order valence-electron chi connectivity index (χ1n) is 9.26. The predicted octanol–water partition coefficient (Wildman–Crippen LogP) is 1.88. The second-order valence-electron chi connectivity index (χ2n) is 6.54. The van der Waals surface area contributed by atoms with Crippen LogP contribution in [0.3, 0.4) is 0 Å². The number of hydrogen-bond donors (Lipinski definition) is 3. The summed E-state index contributed by atoms with van der Waals surface area (Å²) in [6, 6.07) is 14.6. The van der Waals surface area contributed by atoms with Crippen molar-refractivity contribution in [2.24, 2.45) is 0 Å². The van der Waals surface area contributed by atoms with Gasteiger partial charge in [-0.15, -0.1) is 0 Å². The second-order valence-corrected chi connectivity index (χ2v) is 6.54. The smallest absolute Gasteiger partial charge is 0.270 e. The molecule has 0 unspecified atom stereocenters. The third kappa shape index (κ3) is 5.68. The van der Waals surface area contributed by atoms with Crippen LogP contribution in [-0.4, -0.2) is 33.5 Å². The number of benzene rings is 2. The molecule has 0 aliphatic carbocycles. The number of nitrogens with zero attached hydrogens (tertiary/aromatic N) is 3. The van der Waals surface area contributed by atoms with Gasteiger partial charge in [-0.25, -0.2) is 14.4 Å². The number of rotatable bonds is 7. The van der Waals surface area contributed by atoms with Crippen molar-refractivity contribution in [1.82, 2.24) is 20.6 Å². The van der Waals surface area contributed by atoms with Crippen LogP contribution >= 0.6 is 0 Å². The van der Waals surface area contributed by atoms with E-state index in [1.54, 1.807) is 36.4 Å². The van der Waals surface area contributed by atoms with E-state index in [1.807, 2.05) is 6.07 Å². The fourth-order valence-electron chi connectivity index (χ4n) is 2.74. The highest BCUT2D eigenvalue weighted by Crippen LogP contribution is 2.14. The van der Waals surface area contributed by atoms with Crippen LogP contribution in [0.25, 0.3) is 0 Å². The largest absolute Gasteiger partial charge is 0.394 e. The van der Waals surface area contributed by atoms with Gasteiger partial charge in [0.25, 0.3) is 11.8 Å². The molecule has 1 aromatic heterocycles. The second kappa shape index (κ2) is 10.0. The average Bonchev–Trinajstić information content (AvgIpc) is 2.82. The molecule has 2 aromatic carbocycles. The molecule has 0 saturated carbocycles. The summed E-state index contributed by atoms with van der Waals surface area (Å²) in [5, 5.41) is 23.8. The molecule has 0 aliphatic rings. The molecular formula is C22H18FN5O3.